The summed E-state index contributed by atoms with van der Waals surface area (Å²) in [6, 6.07) is 0.160. The zero-order valence-electron chi connectivity index (χ0n) is 10.4. The number of aldehydes is 1. The van der Waals surface area contributed by atoms with Gasteiger partial charge in [-0.15, -0.1) is 0 Å². The van der Waals surface area contributed by atoms with Gasteiger partial charge in [-0.05, 0) is 51.4 Å². The minimum absolute atomic E-state index is 0.129. The van der Waals surface area contributed by atoms with Crippen LogP contribution < -0.4 is 0 Å². The molecule has 2 rings (SSSR count). The fourth-order valence-electron chi connectivity index (χ4n) is 3.28. The van der Waals surface area contributed by atoms with Gasteiger partial charge in [-0.1, -0.05) is 6.92 Å². The van der Waals surface area contributed by atoms with Gasteiger partial charge in [0.1, 0.15) is 6.29 Å². The third kappa shape index (κ3) is 1.63. The first-order chi connectivity index (χ1) is 6.89. The van der Waals surface area contributed by atoms with Crippen molar-refractivity contribution >= 4 is 6.29 Å². The highest BCUT2D eigenvalue weighted by Gasteiger charge is 2.53. The number of carbonyl (C=O) groups is 1. The Kier molecular flexibility index (Phi) is 2.45. The van der Waals surface area contributed by atoms with E-state index in [2.05, 4.69) is 32.6 Å². The van der Waals surface area contributed by atoms with Crippen LogP contribution in [-0.4, -0.2) is 29.3 Å². The van der Waals surface area contributed by atoms with Gasteiger partial charge in [0.15, 0.2) is 0 Å². The molecule has 2 fully saturated rings. The average Bonchev–Trinajstić information content (AvgIpc) is 2.56. The van der Waals surface area contributed by atoms with Gasteiger partial charge < -0.3 is 4.79 Å². The van der Waals surface area contributed by atoms with Crippen molar-refractivity contribution < 1.29 is 4.79 Å². The molecule has 2 nitrogen and oxygen atoms in total. The highest BCUT2D eigenvalue weighted by molar-refractivity contribution is 5.59. The van der Waals surface area contributed by atoms with Gasteiger partial charge in [0, 0.05) is 12.1 Å². The zero-order valence-corrected chi connectivity index (χ0v) is 10.4. The summed E-state index contributed by atoms with van der Waals surface area (Å²) in [5, 5.41) is 0. The van der Waals surface area contributed by atoms with Crippen LogP contribution in [-0.2, 0) is 4.79 Å². The summed E-state index contributed by atoms with van der Waals surface area (Å²) in [6.07, 6.45) is 4.93. The molecule has 1 spiro atoms. The quantitative estimate of drug-likeness (QED) is 0.618. The molecular weight excluding hydrogens is 186 g/mol. The van der Waals surface area contributed by atoms with E-state index in [0.29, 0.717) is 5.41 Å². The Balaban J connectivity index is 2.17. The first-order valence-electron chi connectivity index (χ1n) is 6.11. The van der Waals surface area contributed by atoms with E-state index in [9.17, 15) is 4.79 Å². The molecule has 1 aliphatic carbocycles. The topological polar surface area (TPSA) is 20.3 Å². The van der Waals surface area contributed by atoms with Crippen LogP contribution in [0.1, 0.15) is 47.0 Å². The van der Waals surface area contributed by atoms with E-state index in [1.807, 2.05) is 0 Å². The molecule has 86 valence electrons. The number of nitrogens with zero attached hydrogens (tertiary/aromatic N) is 1. The Bertz CT molecular complexity index is 268. The molecule has 0 aromatic heterocycles. The summed E-state index contributed by atoms with van der Waals surface area (Å²) in [5.41, 5.74) is 0.600. The van der Waals surface area contributed by atoms with E-state index in [1.165, 1.54) is 12.8 Å². The zero-order chi connectivity index (χ0) is 11.3. The van der Waals surface area contributed by atoms with Gasteiger partial charge in [-0.25, -0.2) is 0 Å². The fourth-order valence-corrected chi connectivity index (χ4v) is 3.28. The maximum absolute atomic E-state index is 11.2. The Morgan fingerprint density at radius 1 is 1.40 bits per heavy atom. The van der Waals surface area contributed by atoms with Gasteiger partial charge in [0.05, 0.1) is 6.04 Å². The molecule has 1 aliphatic heterocycles. The van der Waals surface area contributed by atoms with Crippen LogP contribution in [0.4, 0.5) is 0 Å². The standard InChI is InChI=1S/C13H23NO/c1-10-5-6-13(10)7-11(8-15)14(9-13)12(2,3)4/h8,10-11H,5-7,9H2,1-4H3/t10?,11-,13?/m0/s1. The highest BCUT2D eigenvalue weighted by atomic mass is 16.1. The minimum atomic E-state index is 0.129. The third-order valence-corrected chi connectivity index (χ3v) is 4.64. The monoisotopic (exact) mass is 209 g/mol. The fraction of sp³-hybridized carbons (Fsp3) is 0.923. The molecule has 2 aliphatic rings. The molecule has 0 N–H and O–H groups in total. The van der Waals surface area contributed by atoms with Crippen molar-refractivity contribution in [1.82, 2.24) is 4.90 Å². The molecule has 0 aromatic rings. The molecule has 2 unspecified atom stereocenters. The number of carbonyl (C=O) groups excluding carboxylic acids is 1. The maximum Gasteiger partial charge on any atom is 0.137 e. The van der Waals surface area contributed by atoms with Gasteiger partial charge >= 0.3 is 0 Å². The predicted octanol–water partition coefficient (Wildman–Crippen LogP) is 2.47. The summed E-state index contributed by atoms with van der Waals surface area (Å²) in [7, 11) is 0. The van der Waals surface area contributed by atoms with Crippen molar-refractivity contribution in [3.63, 3.8) is 0 Å². The van der Waals surface area contributed by atoms with Gasteiger partial charge in [0.2, 0.25) is 0 Å². The van der Waals surface area contributed by atoms with Crippen molar-refractivity contribution in [2.75, 3.05) is 6.54 Å². The number of rotatable bonds is 1. The van der Waals surface area contributed by atoms with E-state index < -0.39 is 0 Å². The van der Waals surface area contributed by atoms with Crippen LogP contribution in [0.3, 0.4) is 0 Å². The largest absolute Gasteiger partial charge is 0.302 e. The van der Waals surface area contributed by atoms with E-state index in [1.54, 1.807) is 0 Å². The summed E-state index contributed by atoms with van der Waals surface area (Å²) >= 11 is 0. The lowest BCUT2D eigenvalue weighted by atomic mass is 9.60. The predicted molar refractivity (Wildman–Crippen MR) is 61.8 cm³/mol. The van der Waals surface area contributed by atoms with Crippen LogP contribution in [0.5, 0.6) is 0 Å². The molecule has 0 amide bonds. The number of likely N-dealkylation sites (tertiary alicyclic amines) is 1. The summed E-state index contributed by atoms with van der Waals surface area (Å²) in [6.45, 7) is 10.1. The molecule has 1 saturated carbocycles. The number of hydrogen-bond donors (Lipinski definition) is 0. The van der Waals surface area contributed by atoms with Crippen molar-refractivity contribution in [2.45, 2.75) is 58.5 Å². The van der Waals surface area contributed by atoms with Crippen LogP contribution >= 0.6 is 0 Å². The molecule has 0 bridgehead atoms. The molecule has 3 atom stereocenters. The lowest BCUT2D eigenvalue weighted by Gasteiger charge is -2.46. The Morgan fingerprint density at radius 2 is 2.07 bits per heavy atom. The van der Waals surface area contributed by atoms with E-state index in [4.69, 9.17) is 0 Å². The van der Waals surface area contributed by atoms with Gasteiger partial charge in [0.25, 0.3) is 0 Å². The second-order valence-corrected chi connectivity index (χ2v) is 6.51. The lowest BCUT2D eigenvalue weighted by Crippen LogP contribution is -2.47. The SMILES string of the molecule is CC1CCC12C[C@@H](C=O)N(C(C)(C)C)C2. The summed E-state index contributed by atoms with van der Waals surface area (Å²) < 4.78 is 0. The Labute approximate surface area is 93.0 Å². The molecule has 1 heterocycles. The van der Waals surface area contributed by atoms with Gasteiger partial charge in [-0.2, -0.15) is 0 Å². The molecular formula is C13H23NO. The molecule has 0 aromatic carbocycles. The second-order valence-electron chi connectivity index (χ2n) is 6.51. The van der Waals surface area contributed by atoms with Crippen molar-refractivity contribution in [1.29, 1.82) is 0 Å². The van der Waals surface area contributed by atoms with Crippen molar-refractivity contribution in [3.8, 4) is 0 Å². The normalized spacial score (nSPS) is 41.9. The second kappa shape index (κ2) is 3.31. The molecule has 2 heteroatoms. The first-order valence-corrected chi connectivity index (χ1v) is 6.11. The third-order valence-electron chi connectivity index (χ3n) is 4.64. The Morgan fingerprint density at radius 3 is 2.33 bits per heavy atom. The molecule has 15 heavy (non-hydrogen) atoms. The van der Waals surface area contributed by atoms with E-state index >= 15 is 0 Å². The summed E-state index contributed by atoms with van der Waals surface area (Å²) in [5.74, 6) is 0.812. The van der Waals surface area contributed by atoms with Crippen LogP contribution in [0.2, 0.25) is 0 Å². The Hall–Kier alpha value is -0.370. The highest BCUT2D eigenvalue weighted by Crippen LogP contribution is 2.55. The van der Waals surface area contributed by atoms with Crippen LogP contribution in [0.25, 0.3) is 0 Å². The first kappa shape index (κ1) is 11.1. The maximum atomic E-state index is 11.2. The summed E-state index contributed by atoms with van der Waals surface area (Å²) in [4.78, 5) is 13.6. The van der Waals surface area contributed by atoms with E-state index in [-0.39, 0.29) is 11.6 Å². The average molecular weight is 209 g/mol. The van der Waals surface area contributed by atoms with Crippen molar-refractivity contribution in [2.24, 2.45) is 11.3 Å². The molecule has 0 radical (unpaired) electrons. The lowest BCUT2D eigenvalue weighted by molar-refractivity contribution is -0.113. The van der Waals surface area contributed by atoms with Gasteiger partial charge in [-0.3, -0.25) is 4.90 Å². The van der Waals surface area contributed by atoms with Crippen LogP contribution in [0.15, 0.2) is 0 Å². The molecule has 1 saturated heterocycles. The smallest absolute Gasteiger partial charge is 0.137 e. The number of hydrogen-bond acceptors (Lipinski definition) is 2. The van der Waals surface area contributed by atoms with E-state index in [0.717, 1.165) is 25.2 Å². The van der Waals surface area contributed by atoms with Crippen LogP contribution in [0, 0.1) is 11.3 Å². The minimum Gasteiger partial charge on any atom is -0.302 e. The van der Waals surface area contributed by atoms with Crippen molar-refractivity contribution in [3.05, 3.63) is 0 Å².